The molecule has 0 saturated heterocycles. The number of ether oxygens (including phenoxy) is 1. The van der Waals surface area contributed by atoms with E-state index in [1.807, 2.05) is 18.4 Å². The van der Waals surface area contributed by atoms with Crippen molar-refractivity contribution < 1.29 is 4.74 Å². The van der Waals surface area contributed by atoms with Crippen LogP contribution in [0, 0.1) is 0 Å². The molecule has 0 spiro atoms. The summed E-state index contributed by atoms with van der Waals surface area (Å²) in [6.07, 6.45) is 5.58. The number of nitrogens with one attached hydrogen (secondary N) is 1. The zero-order valence-electron chi connectivity index (χ0n) is 12.9. The average molecular weight is 283 g/mol. The SMILES string of the molecule is CCCNC(CCc1cccs1)C(CC)(CC)OC. The topological polar surface area (TPSA) is 21.3 Å². The smallest absolute Gasteiger partial charge is 0.0825 e. The van der Waals surface area contributed by atoms with Crippen LogP contribution in [-0.4, -0.2) is 25.3 Å². The lowest BCUT2D eigenvalue weighted by molar-refractivity contribution is -0.0492. The summed E-state index contributed by atoms with van der Waals surface area (Å²) in [5.41, 5.74) is -0.0214. The van der Waals surface area contributed by atoms with Gasteiger partial charge < -0.3 is 10.1 Å². The Morgan fingerprint density at radius 3 is 2.53 bits per heavy atom. The summed E-state index contributed by atoms with van der Waals surface area (Å²) >= 11 is 1.85. The Kier molecular flexibility index (Phi) is 7.66. The lowest BCUT2D eigenvalue weighted by Gasteiger charge is -2.39. The van der Waals surface area contributed by atoms with Crippen molar-refractivity contribution in [3.63, 3.8) is 0 Å². The van der Waals surface area contributed by atoms with Gasteiger partial charge in [-0.15, -0.1) is 11.3 Å². The van der Waals surface area contributed by atoms with Gasteiger partial charge in [0.2, 0.25) is 0 Å². The fourth-order valence-electron chi connectivity index (χ4n) is 2.78. The van der Waals surface area contributed by atoms with Crippen molar-refractivity contribution in [1.29, 1.82) is 0 Å². The van der Waals surface area contributed by atoms with Gasteiger partial charge >= 0.3 is 0 Å². The van der Waals surface area contributed by atoms with E-state index in [1.165, 1.54) is 11.3 Å². The van der Waals surface area contributed by atoms with E-state index < -0.39 is 0 Å². The monoisotopic (exact) mass is 283 g/mol. The molecule has 1 rings (SSSR count). The molecule has 3 heteroatoms. The van der Waals surface area contributed by atoms with Crippen molar-refractivity contribution in [1.82, 2.24) is 5.32 Å². The quantitative estimate of drug-likeness (QED) is 0.693. The lowest BCUT2D eigenvalue weighted by Crippen LogP contribution is -2.52. The molecule has 0 fully saturated rings. The van der Waals surface area contributed by atoms with Crippen LogP contribution in [0.2, 0.25) is 0 Å². The molecule has 0 aliphatic rings. The van der Waals surface area contributed by atoms with Crippen LogP contribution in [0.4, 0.5) is 0 Å². The van der Waals surface area contributed by atoms with Crippen molar-refractivity contribution >= 4 is 11.3 Å². The molecule has 1 aromatic heterocycles. The fourth-order valence-corrected chi connectivity index (χ4v) is 3.51. The minimum atomic E-state index is -0.0214. The molecule has 1 unspecified atom stereocenters. The van der Waals surface area contributed by atoms with Crippen LogP contribution in [-0.2, 0) is 11.2 Å². The van der Waals surface area contributed by atoms with Crippen molar-refractivity contribution in [3.8, 4) is 0 Å². The van der Waals surface area contributed by atoms with Gasteiger partial charge in [0.05, 0.1) is 5.60 Å². The van der Waals surface area contributed by atoms with Gasteiger partial charge in [-0.05, 0) is 50.1 Å². The van der Waals surface area contributed by atoms with Crippen LogP contribution < -0.4 is 5.32 Å². The summed E-state index contributed by atoms with van der Waals surface area (Å²) in [6, 6.07) is 4.81. The zero-order valence-corrected chi connectivity index (χ0v) is 13.7. The minimum Gasteiger partial charge on any atom is -0.377 e. The van der Waals surface area contributed by atoms with Crippen LogP contribution in [0.15, 0.2) is 17.5 Å². The molecule has 0 bridgehead atoms. The van der Waals surface area contributed by atoms with E-state index in [4.69, 9.17) is 4.74 Å². The molecule has 1 heterocycles. The third kappa shape index (κ3) is 4.59. The summed E-state index contributed by atoms with van der Waals surface area (Å²) in [5.74, 6) is 0. The molecule has 0 saturated carbocycles. The second-order valence-corrected chi connectivity index (χ2v) is 6.13. The first-order valence-electron chi connectivity index (χ1n) is 7.53. The van der Waals surface area contributed by atoms with E-state index in [0.717, 1.165) is 32.2 Å². The molecular weight excluding hydrogens is 254 g/mol. The van der Waals surface area contributed by atoms with Crippen LogP contribution in [0.1, 0.15) is 51.3 Å². The van der Waals surface area contributed by atoms with Crippen LogP contribution in [0.3, 0.4) is 0 Å². The number of aryl methyl sites for hydroxylation is 1. The van der Waals surface area contributed by atoms with Gasteiger partial charge in [-0.25, -0.2) is 0 Å². The molecule has 0 amide bonds. The first kappa shape index (κ1) is 16.7. The predicted octanol–water partition coefficient (Wildman–Crippen LogP) is 4.25. The van der Waals surface area contributed by atoms with Gasteiger partial charge in [0.15, 0.2) is 0 Å². The molecule has 2 nitrogen and oxygen atoms in total. The highest BCUT2D eigenvalue weighted by atomic mass is 32.1. The molecule has 1 aromatic rings. The Balaban J connectivity index is 2.68. The summed E-state index contributed by atoms with van der Waals surface area (Å²) in [6.45, 7) is 7.76. The van der Waals surface area contributed by atoms with E-state index in [-0.39, 0.29) is 5.60 Å². The maximum Gasteiger partial charge on any atom is 0.0825 e. The van der Waals surface area contributed by atoms with E-state index >= 15 is 0 Å². The number of rotatable bonds is 10. The summed E-state index contributed by atoms with van der Waals surface area (Å²) in [4.78, 5) is 1.47. The predicted molar refractivity (Wildman–Crippen MR) is 85.0 cm³/mol. The molecule has 110 valence electrons. The van der Waals surface area contributed by atoms with Crippen molar-refractivity contribution in [2.75, 3.05) is 13.7 Å². The second-order valence-electron chi connectivity index (χ2n) is 5.10. The number of thiophene rings is 1. The summed E-state index contributed by atoms with van der Waals surface area (Å²) < 4.78 is 5.91. The van der Waals surface area contributed by atoms with Crippen molar-refractivity contribution in [2.45, 2.75) is 64.5 Å². The first-order chi connectivity index (χ1) is 9.22. The maximum absolute atomic E-state index is 5.91. The van der Waals surface area contributed by atoms with Gasteiger partial charge in [0, 0.05) is 18.0 Å². The van der Waals surface area contributed by atoms with E-state index in [2.05, 4.69) is 43.6 Å². The molecule has 0 aromatic carbocycles. The Morgan fingerprint density at radius 2 is 2.05 bits per heavy atom. The Morgan fingerprint density at radius 1 is 1.32 bits per heavy atom. The maximum atomic E-state index is 5.91. The second kappa shape index (κ2) is 8.72. The van der Waals surface area contributed by atoms with Crippen molar-refractivity contribution in [3.05, 3.63) is 22.4 Å². The molecule has 1 atom stereocenters. The largest absolute Gasteiger partial charge is 0.377 e. The minimum absolute atomic E-state index is 0.0214. The lowest BCUT2D eigenvalue weighted by atomic mass is 9.85. The fraction of sp³-hybridized carbons (Fsp3) is 0.750. The Labute approximate surface area is 122 Å². The highest BCUT2D eigenvalue weighted by Crippen LogP contribution is 2.27. The summed E-state index contributed by atoms with van der Waals surface area (Å²) in [5, 5.41) is 5.86. The zero-order chi connectivity index (χ0) is 14.1. The van der Waals surface area contributed by atoms with Gasteiger partial charge in [0.1, 0.15) is 0 Å². The number of hydrogen-bond donors (Lipinski definition) is 1. The van der Waals surface area contributed by atoms with Gasteiger partial charge in [0.25, 0.3) is 0 Å². The van der Waals surface area contributed by atoms with E-state index in [0.29, 0.717) is 6.04 Å². The summed E-state index contributed by atoms with van der Waals surface area (Å²) in [7, 11) is 1.86. The first-order valence-corrected chi connectivity index (χ1v) is 8.41. The van der Waals surface area contributed by atoms with Gasteiger partial charge in [-0.1, -0.05) is 26.8 Å². The third-order valence-corrected chi connectivity index (χ3v) is 5.07. The number of hydrogen-bond acceptors (Lipinski definition) is 3. The van der Waals surface area contributed by atoms with E-state index in [9.17, 15) is 0 Å². The van der Waals surface area contributed by atoms with Crippen molar-refractivity contribution in [2.24, 2.45) is 0 Å². The Bertz CT molecular complexity index is 311. The molecule has 0 aliphatic heterocycles. The number of methoxy groups -OCH3 is 1. The molecular formula is C16H29NOS. The Hall–Kier alpha value is -0.380. The van der Waals surface area contributed by atoms with Crippen LogP contribution in [0.5, 0.6) is 0 Å². The average Bonchev–Trinajstić information content (AvgIpc) is 2.96. The highest BCUT2D eigenvalue weighted by molar-refractivity contribution is 7.09. The van der Waals surface area contributed by atoms with Crippen LogP contribution in [0.25, 0.3) is 0 Å². The molecule has 0 radical (unpaired) electrons. The van der Waals surface area contributed by atoms with Gasteiger partial charge in [-0.3, -0.25) is 0 Å². The molecule has 19 heavy (non-hydrogen) atoms. The molecule has 1 N–H and O–H groups in total. The van der Waals surface area contributed by atoms with Crippen LogP contribution >= 0.6 is 11.3 Å². The van der Waals surface area contributed by atoms with E-state index in [1.54, 1.807) is 0 Å². The third-order valence-electron chi connectivity index (χ3n) is 4.14. The normalized spacial score (nSPS) is 13.7. The van der Waals surface area contributed by atoms with Gasteiger partial charge in [-0.2, -0.15) is 0 Å². The molecule has 0 aliphatic carbocycles. The standard InChI is InChI=1S/C16H29NOS/c1-5-12-17-15(16(6-2,7-3)18-4)11-10-14-9-8-13-19-14/h8-9,13,15,17H,5-7,10-12H2,1-4H3. The highest BCUT2D eigenvalue weighted by Gasteiger charge is 2.34.